The number of aryl methyl sites for hydroxylation is 1. The smallest absolute Gasteiger partial charge is 0.369 e. The summed E-state index contributed by atoms with van der Waals surface area (Å²) >= 11 is 0. The number of hydrogen-bond acceptors (Lipinski definition) is 5. The summed E-state index contributed by atoms with van der Waals surface area (Å²) in [5.41, 5.74) is -1.02. The SMILES string of the molecule is Cc1nc(NCCNS(=O)(=O)c2cccc(C(F)(F)F)c2)cc(-n2cccc2)n1. The molecule has 0 aliphatic heterocycles. The van der Waals surface area contributed by atoms with Crippen LogP contribution in [0.15, 0.2) is 59.8 Å². The van der Waals surface area contributed by atoms with Crippen molar-refractivity contribution in [3.63, 3.8) is 0 Å². The van der Waals surface area contributed by atoms with Gasteiger partial charge in [-0.05, 0) is 37.3 Å². The van der Waals surface area contributed by atoms with E-state index in [9.17, 15) is 21.6 Å². The number of nitrogens with zero attached hydrogens (tertiary/aromatic N) is 3. The van der Waals surface area contributed by atoms with Crippen molar-refractivity contribution in [1.82, 2.24) is 19.3 Å². The van der Waals surface area contributed by atoms with Gasteiger partial charge in [-0.15, -0.1) is 0 Å². The first-order valence-electron chi connectivity index (χ1n) is 8.55. The Balaban J connectivity index is 1.62. The average Bonchev–Trinajstić information content (AvgIpc) is 3.19. The van der Waals surface area contributed by atoms with E-state index in [1.165, 1.54) is 0 Å². The molecule has 11 heteroatoms. The maximum Gasteiger partial charge on any atom is 0.416 e. The van der Waals surface area contributed by atoms with Crippen molar-refractivity contribution < 1.29 is 21.6 Å². The Morgan fingerprint density at radius 3 is 2.45 bits per heavy atom. The van der Waals surface area contributed by atoms with E-state index in [-0.39, 0.29) is 13.1 Å². The largest absolute Gasteiger partial charge is 0.416 e. The Bertz CT molecular complexity index is 1080. The highest BCUT2D eigenvalue weighted by atomic mass is 32.2. The van der Waals surface area contributed by atoms with Crippen LogP contribution in [0.25, 0.3) is 5.82 Å². The third kappa shape index (κ3) is 5.33. The molecule has 154 valence electrons. The molecule has 29 heavy (non-hydrogen) atoms. The first kappa shape index (κ1) is 20.8. The number of sulfonamides is 1. The quantitative estimate of drug-likeness (QED) is 0.568. The van der Waals surface area contributed by atoms with Crippen molar-refractivity contribution in [2.75, 3.05) is 18.4 Å². The predicted molar refractivity (Wildman–Crippen MR) is 101 cm³/mol. The lowest BCUT2D eigenvalue weighted by atomic mass is 10.2. The molecule has 0 spiro atoms. The second-order valence-electron chi connectivity index (χ2n) is 6.10. The Morgan fingerprint density at radius 1 is 1.03 bits per heavy atom. The summed E-state index contributed by atoms with van der Waals surface area (Å²) in [6.07, 6.45) is -0.959. The summed E-state index contributed by atoms with van der Waals surface area (Å²) in [4.78, 5) is 8.11. The summed E-state index contributed by atoms with van der Waals surface area (Å²) in [7, 11) is -4.08. The second-order valence-corrected chi connectivity index (χ2v) is 7.87. The van der Waals surface area contributed by atoms with Crippen LogP contribution < -0.4 is 10.0 Å². The third-order valence-electron chi connectivity index (χ3n) is 3.89. The van der Waals surface area contributed by atoms with Crippen LogP contribution in [-0.4, -0.2) is 36.0 Å². The molecule has 2 aromatic heterocycles. The van der Waals surface area contributed by atoms with Crippen LogP contribution >= 0.6 is 0 Å². The molecule has 2 N–H and O–H groups in total. The van der Waals surface area contributed by atoms with Crippen molar-refractivity contribution >= 4 is 15.8 Å². The average molecular weight is 425 g/mol. The highest BCUT2D eigenvalue weighted by Crippen LogP contribution is 2.30. The Labute approximate surface area is 165 Å². The van der Waals surface area contributed by atoms with Crippen molar-refractivity contribution in [1.29, 1.82) is 0 Å². The zero-order valence-corrected chi connectivity index (χ0v) is 16.1. The van der Waals surface area contributed by atoms with Crippen LogP contribution in [-0.2, 0) is 16.2 Å². The monoisotopic (exact) mass is 425 g/mol. The fourth-order valence-electron chi connectivity index (χ4n) is 2.56. The van der Waals surface area contributed by atoms with Crippen LogP contribution in [0.2, 0.25) is 0 Å². The van der Waals surface area contributed by atoms with E-state index in [0.29, 0.717) is 23.5 Å². The molecule has 0 aliphatic rings. The Hall–Kier alpha value is -2.92. The highest BCUT2D eigenvalue weighted by molar-refractivity contribution is 7.89. The molecule has 0 bridgehead atoms. The van der Waals surface area contributed by atoms with Gasteiger partial charge in [0, 0.05) is 31.5 Å². The standard InChI is InChI=1S/C18H18F3N5O2S/c1-13-24-16(12-17(25-13)26-9-2-3-10-26)22-7-8-23-29(27,28)15-6-4-5-14(11-15)18(19,20)21/h2-6,9-12,23H,7-8H2,1H3,(H,22,24,25). The number of benzene rings is 1. The van der Waals surface area contributed by atoms with Crippen molar-refractivity contribution in [3.05, 3.63) is 66.2 Å². The number of alkyl halides is 3. The lowest BCUT2D eigenvalue weighted by Gasteiger charge is -2.12. The molecule has 0 saturated heterocycles. The van der Waals surface area contributed by atoms with Gasteiger partial charge in [-0.1, -0.05) is 6.07 Å². The molecular formula is C18H18F3N5O2S. The van der Waals surface area contributed by atoms with Crippen LogP contribution in [0.4, 0.5) is 19.0 Å². The number of rotatable bonds is 7. The summed E-state index contributed by atoms with van der Waals surface area (Å²) in [5, 5.41) is 2.98. The van der Waals surface area contributed by atoms with E-state index < -0.39 is 26.7 Å². The lowest BCUT2D eigenvalue weighted by Crippen LogP contribution is -2.29. The maximum atomic E-state index is 12.8. The molecule has 0 radical (unpaired) electrons. The molecule has 0 saturated carbocycles. The molecule has 7 nitrogen and oxygen atoms in total. The van der Waals surface area contributed by atoms with Gasteiger partial charge in [0.05, 0.1) is 10.5 Å². The third-order valence-corrected chi connectivity index (χ3v) is 5.35. The highest BCUT2D eigenvalue weighted by Gasteiger charge is 2.31. The molecule has 0 aliphatic carbocycles. The van der Waals surface area contributed by atoms with Crippen molar-refractivity contribution in [2.24, 2.45) is 0 Å². The summed E-state index contributed by atoms with van der Waals surface area (Å²) in [5.74, 6) is 1.68. The number of hydrogen-bond donors (Lipinski definition) is 2. The minimum atomic E-state index is -4.62. The van der Waals surface area contributed by atoms with Crippen LogP contribution in [0.5, 0.6) is 0 Å². The van der Waals surface area contributed by atoms with Crippen LogP contribution in [0.3, 0.4) is 0 Å². The van der Waals surface area contributed by atoms with E-state index in [1.54, 1.807) is 17.6 Å². The van der Waals surface area contributed by atoms with Crippen molar-refractivity contribution in [2.45, 2.75) is 18.0 Å². The van der Waals surface area contributed by atoms with E-state index in [2.05, 4.69) is 20.0 Å². The Kier molecular flexibility index (Phi) is 5.89. The van der Waals surface area contributed by atoms with Crippen molar-refractivity contribution in [3.8, 4) is 5.82 Å². The van der Waals surface area contributed by atoms with Gasteiger partial charge in [0.2, 0.25) is 10.0 Å². The van der Waals surface area contributed by atoms with Gasteiger partial charge in [0.15, 0.2) is 0 Å². The molecule has 2 heterocycles. The minimum absolute atomic E-state index is 0.0412. The van der Waals surface area contributed by atoms with E-state index in [4.69, 9.17) is 0 Å². The van der Waals surface area contributed by atoms with Gasteiger partial charge >= 0.3 is 6.18 Å². The van der Waals surface area contributed by atoms with Gasteiger partial charge in [-0.3, -0.25) is 0 Å². The van der Waals surface area contributed by atoms with E-state index in [0.717, 1.165) is 18.2 Å². The number of halogens is 3. The Morgan fingerprint density at radius 2 is 1.76 bits per heavy atom. The summed E-state index contributed by atoms with van der Waals surface area (Å²) in [6, 6.07) is 9.01. The normalized spacial score (nSPS) is 12.1. The fourth-order valence-corrected chi connectivity index (χ4v) is 3.64. The maximum absolute atomic E-state index is 12.8. The molecule has 0 fully saturated rings. The summed E-state index contributed by atoms with van der Waals surface area (Å²) < 4.78 is 66.9. The zero-order chi connectivity index (χ0) is 21.1. The summed E-state index contributed by atoms with van der Waals surface area (Å²) in [6.45, 7) is 1.87. The minimum Gasteiger partial charge on any atom is -0.369 e. The van der Waals surface area contributed by atoms with E-state index >= 15 is 0 Å². The lowest BCUT2D eigenvalue weighted by molar-refractivity contribution is -0.137. The first-order valence-corrected chi connectivity index (χ1v) is 10.0. The fraction of sp³-hybridized carbons (Fsp3) is 0.222. The molecule has 0 atom stereocenters. The molecule has 3 rings (SSSR count). The van der Waals surface area contributed by atoms with Crippen LogP contribution in [0, 0.1) is 6.92 Å². The van der Waals surface area contributed by atoms with Crippen LogP contribution in [0.1, 0.15) is 11.4 Å². The van der Waals surface area contributed by atoms with Gasteiger partial charge in [0.1, 0.15) is 17.5 Å². The first-order chi connectivity index (χ1) is 13.6. The number of anilines is 1. The second kappa shape index (κ2) is 8.21. The molecule has 0 amide bonds. The molecule has 0 unspecified atom stereocenters. The zero-order valence-electron chi connectivity index (χ0n) is 15.3. The predicted octanol–water partition coefficient (Wildman–Crippen LogP) is 2.98. The topological polar surface area (TPSA) is 88.9 Å². The number of nitrogens with one attached hydrogen (secondary N) is 2. The van der Waals surface area contributed by atoms with Gasteiger partial charge in [0.25, 0.3) is 0 Å². The van der Waals surface area contributed by atoms with Gasteiger partial charge < -0.3 is 9.88 Å². The molecule has 1 aromatic carbocycles. The van der Waals surface area contributed by atoms with E-state index in [1.807, 2.05) is 24.5 Å². The molecule has 3 aromatic rings. The van der Waals surface area contributed by atoms with Gasteiger partial charge in [-0.25, -0.2) is 23.1 Å². The molecular weight excluding hydrogens is 407 g/mol. The number of aromatic nitrogens is 3. The van der Waals surface area contributed by atoms with Gasteiger partial charge in [-0.2, -0.15) is 13.2 Å².